The third-order valence-corrected chi connectivity index (χ3v) is 6.64. The average Bonchev–Trinajstić information content (AvgIpc) is 3.23. The van der Waals surface area contributed by atoms with Crippen molar-refractivity contribution >= 4 is 22.5 Å². The highest BCUT2D eigenvalue weighted by molar-refractivity contribution is 6.30. The minimum atomic E-state index is 0.718. The molecule has 5 aromatic rings. The molecule has 0 amide bonds. The molecule has 0 saturated carbocycles. The van der Waals surface area contributed by atoms with E-state index >= 15 is 0 Å². The van der Waals surface area contributed by atoms with E-state index in [4.69, 9.17) is 16.6 Å². The summed E-state index contributed by atoms with van der Waals surface area (Å²) in [4.78, 5) is 15.7. The third-order valence-electron chi connectivity index (χ3n) is 6.39. The topological polar surface area (TPSA) is 44.8 Å². The van der Waals surface area contributed by atoms with Gasteiger partial charge in [-0.2, -0.15) is 0 Å². The number of rotatable bonds is 4. The Morgan fingerprint density at radius 2 is 1.67 bits per heavy atom. The van der Waals surface area contributed by atoms with Gasteiger partial charge >= 0.3 is 0 Å². The minimum Gasteiger partial charge on any atom is -0.354 e. The van der Waals surface area contributed by atoms with Crippen LogP contribution in [-0.2, 0) is 19.5 Å². The van der Waals surface area contributed by atoms with Gasteiger partial charge in [0.25, 0.3) is 0 Å². The summed E-state index contributed by atoms with van der Waals surface area (Å²) in [7, 11) is 0. The molecule has 1 aliphatic heterocycles. The first-order valence-electron chi connectivity index (χ1n) is 11.2. The van der Waals surface area contributed by atoms with Gasteiger partial charge in [-0.3, -0.25) is 4.90 Å². The Balaban J connectivity index is 1.33. The molecule has 3 heterocycles. The van der Waals surface area contributed by atoms with Crippen molar-refractivity contribution in [2.45, 2.75) is 19.5 Å². The number of hydrogen-bond donors (Lipinski definition) is 1. The molecule has 162 valence electrons. The second-order valence-electron chi connectivity index (χ2n) is 8.52. The number of benzene rings is 3. The number of aromatic nitrogens is 3. The highest BCUT2D eigenvalue weighted by Crippen LogP contribution is 2.32. The van der Waals surface area contributed by atoms with Gasteiger partial charge in [0, 0.05) is 47.3 Å². The smallest absolute Gasteiger partial charge is 0.159 e. The number of fused-ring (bicyclic) bond motifs is 2. The molecule has 0 radical (unpaired) electrons. The van der Waals surface area contributed by atoms with Crippen molar-refractivity contribution < 1.29 is 0 Å². The lowest BCUT2D eigenvalue weighted by Gasteiger charge is -2.28. The molecule has 3 aromatic carbocycles. The summed E-state index contributed by atoms with van der Waals surface area (Å²) >= 11 is 6.05. The molecule has 2 aromatic heterocycles. The first-order valence-corrected chi connectivity index (χ1v) is 11.6. The fourth-order valence-corrected chi connectivity index (χ4v) is 4.80. The molecule has 0 aliphatic carbocycles. The first-order chi connectivity index (χ1) is 16.2. The second kappa shape index (κ2) is 8.47. The first kappa shape index (κ1) is 20.2. The molecule has 0 unspecified atom stereocenters. The van der Waals surface area contributed by atoms with E-state index in [1.54, 1.807) is 0 Å². The Morgan fingerprint density at radius 3 is 2.52 bits per heavy atom. The molecule has 0 bridgehead atoms. The number of hydrogen-bond acceptors (Lipinski definition) is 3. The van der Waals surface area contributed by atoms with Crippen molar-refractivity contribution in [2.75, 3.05) is 6.54 Å². The highest BCUT2D eigenvalue weighted by atomic mass is 35.5. The van der Waals surface area contributed by atoms with Gasteiger partial charge in [-0.1, -0.05) is 60.1 Å². The van der Waals surface area contributed by atoms with Crippen molar-refractivity contribution in [3.63, 3.8) is 0 Å². The van der Waals surface area contributed by atoms with Crippen molar-refractivity contribution in [3.8, 4) is 22.6 Å². The molecule has 1 aliphatic rings. The molecule has 5 heteroatoms. The summed E-state index contributed by atoms with van der Waals surface area (Å²) in [5.41, 5.74) is 8.28. The summed E-state index contributed by atoms with van der Waals surface area (Å²) in [5.74, 6) is 0.754. The molecular formula is C28H23ClN4. The van der Waals surface area contributed by atoms with Gasteiger partial charge < -0.3 is 4.98 Å². The minimum absolute atomic E-state index is 0.718. The van der Waals surface area contributed by atoms with Gasteiger partial charge in [0.15, 0.2) is 5.82 Å². The van der Waals surface area contributed by atoms with Gasteiger partial charge in [-0.15, -0.1) is 0 Å². The highest BCUT2D eigenvalue weighted by Gasteiger charge is 2.22. The molecule has 33 heavy (non-hydrogen) atoms. The monoisotopic (exact) mass is 450 g/mol. The van der Waals surface area contributed by atoms with E-state index in [1.807, 2.05) is 30.5 Å². The van der Waals surface area contributed by atoms with Crippen molar-refractivity contribution in [1.82, 2.24) is 19.9 Å². The zero-order chi connectivity index (χ0) is 22.2. The molecule has 0 fully saturated rings. The normalized spacial score (nSPS) is 13.8. The second-order valence-corrected chi connectivity index (χ2v) is 8.96. The standard InChI is InChI=1S/C28H23ClN4/c29-22-12-10-20(11-13-22)28-30-16-21-14-15-33(18-26(21)32-28)17-24-23-8-4-5-9-25(23)31-27(24)19-6-2-1-3-7-19/h1-13,16,31H,14-15,17-18H2. The molecule has 0 spiro atoms. The molecule has 0 atom stereocenters. The molecular weight excluding hydrogens is 428 g/mol. The zero-order valence-electron chi connectivity index (χ0n) is 18.1. The Hall–Kier alpha value is -3.47. The Kier molecular flexibility index (Phi) is 5.17. The summed E-state index contributed by atoms with van der Waals surface area (Å²) in [6.45, 7) is 2.67. The maximum absolute atomic E-state index is 6.05. The number of nitrogens with one attached hydrogen (secondary N) is 1. The third kappa shape index (κ3) is 3.92. The van der Waals surface area contributed by atoms with E-state index in [2.05, 4.69) is 69.5 Å². The summed E-state index contributed by atoms with van der Waals surface area (Å²) in [5, 5.41) is 2.00. The van der Waals surface area contributed by atoms with E-state index in [1.165, 1.54) is 33.3 Å². The number of aromatic amines is 1. The zero-order valence-corrected chi connectivity index (χ0v) is 18.9. The maximum Gasteiger partial charge on any atom is 0.159 e. The van der Waals surface area contributed by atoms with E-state index in [-0.39, 0.29) is 0 Å². The van der Waals surface area contributed by atoms with Gasteiger partial charge in [0.1, 0.15) is 0 Å². The number of para-hydroxylation sites is 1. The van der Waals surface area contributed by atoms with Crippen LogP contribution >= 0.6 is 11.6 Å². The van der Waals surface area contributed by atoms with Gasteiger partial charge in [-0.25, -0.2) is 9.97 Å². The van der Waals surface area contributed by atoms with Gasteiger partial charge in [0.2, 0.25) is 0 Å². The van der Waals surface area contributed by atoms with Gasteiger partial charge in [0.05, 0.1) is 11.4 Å². The van der Waals surface area contributed by atoms with Crippen LogP contribution in [0.4, 0.5) is 0 Å². The quantitative estimate of drug-likeness (QED) is 0.339. The number of H-pyrrole nitrogens is 1. The molecule has 4 nitrogen and oxygen atoms in total. The Bertz CT molecular complexity index is 1420. The van der Waals surface area contributed by atoms with Crippen LogP contribution in [0, 0.1) is 0 Å². The summed E-state index contributed by atoms with van der Waals surface area (Å²) in [6.07, 6.45) is 2.95. The summed E-state index contributed by atoms with van der Waals surface area (Å²) < 4.78 is 0. The SMILES string of the molecule is Clc1ccc(-c2ncc3c(n2)CN(Cc2c(-c4ccccc4)[nH]c4ccccc24)CC3)cc1. The van der Waals surface area contributed by atoms with E-state index < -0.39 is 0 Å². The lowest BCUT2D eigenvalue weighted by molar-refractivity contribution is 0.242. The summed E-state index contributed by atoms with van der Waals surface area (Å²) in [6, 6.07) is 26.9. The fourth-order valence-electron chi connectivity index (χ4n) is 4.67. The van der Waals surface area contributed by atoms with Crippen LogP contribution in [0.25, 0.3) is 33.5 Å². The van der Waals surface area contributed by atoms with Crippen LogP contribution < -0.4 is 0 Å². The van der Waals surface area contributed by atoms with Crippen molar-refractivity contribution in [2.24, 2.45) is 0 Å². The van der Waals surface area contributed by atoms with E-state index in [9.17, 15) is 0 Å². The van der Waals surface area contributed by atoms with Crippen LogP contribution in [0.5, 0.6) is 0 Å². The van der Waals surface area contributed by atoms with Crippen LogP contribution in [-0.4, -0.2) is 26.4 Å². The maximum atomic E-state index is 6.05. The molecule has 1 N–H and O–H groups in total. The lowest BCUT2D eigenvalue weighted by atomic mass is 10.0. The van der Waals surface area contributed by atoms with Crippen molar-refractivity contribution in [3.05, 3.63) is 107 Å². The van der Waals surface area contributed by atoms with Crippen LogP contribution in [0.2, 0.25) is 5.02 Å². The van der Waals surface area contributed by atoms with E-state index in [0.717, 1.165) is 48.2 Å². The van der Waals surface area contributed by atoms with Crippen LogP contribution in [0.3, 0.4) is 0 Å². The Labute approximate surface area is 197 Å². The largest absolute Gasteiger partial charge is 0.354 e. The predicted octanol–water partition coefficient (Wildman–Crippen LogP) is 6.50. The number of nitrogens with zero attached hydrogens (tertiary/aromatic N) is 3. The average molecular weight is 451 g/mol. The fraction of sp³-hybridized carbons (Fsp3) is 0.143. The van der Waals surface area contributed by atoms with Crippen LogP contribution in [0.15, 0.2) is 85.1 Å². The van der Waals surface area contributed by atoms with Crippen molar-refractivity contribution in [1.29, 1.82) is 0 Å². The number of halogens is 1. The van der Waals surface area contributed by atoms with E-state index in [0.29, 0.717) is 0 Å². The predicted molar refractivity (Wildman–Crippen MR) is 134 cm³/mol. The Morgan fingerprint density at radius 1 is 0.879 bits per heavy atom. The lowest BCUT2D eigenvalue weighted by Crippen LogP contribution is -2.31. The molecule has 0 saturated heterocycles. The molecule has 6 rings (SSSR count). The van der Waals surface area contributed by atoms with Crippen LogP contribution in [0.1, 0.15) is 16.8 Å². The van der Waals surface area contributed by atoms with Gasteiger partial charge in [-0.05, 0) is 53.4 Å².